The number of fused-ring (bicyclic) bond motifs is 3. The van der Waals surface area contributed by atoms with Gasteiger partial charge in [-0.05, 0) is 41.3 Å². The molecule has 0 bridgehead atoms. The molecule has 0 spiro atoms. The molecule has 172 valence electrons. The molecule has 4 aliphatic rings. The minimum Gasteiger partial charge on any atom is -0.325 e. The van der Waals surface area contributed by atoms with Crippen molar-refractivity contribution in [2.45, 2.75) is 32.2 Å². The SMILES string of the molecule is CC1(C)C(=O)Nc2cc(NC3=N[N+]4(N5CCc6[nH]c(=O)[nH]c(=O)c6C5)C=CN=CC4=N3)ccc21. The number of hydrogen-bond acceptors (Lipinski definition) is 8. The summed E-state index contributed by atoms with van der Waals surface area (Å²) in [6.07, 6.45) is 5.57. The zero-order valence-electron chi connectivity index (χ0n) is 18.5. The fourth-order valence-electron chi connectivity index (χ4n) is 4.72. The van der Waals surface area contributed by atoms with Crippen molar-refractivity contribution >= 4 is 35.3 Å². The number of quaternary nitrogens is 1. The van der Waals surface area contributed by atoms with Gasteiger partial charge < -0.3 is 15.6 Å². The molecule has 12 heteroatoms. The molecule has 5 heterocycles. The summed E-state index contributed by atoms with van der Waals surface area (Å²) in [7, 11) is 0. The van der Waals surface area contributed by atoms with Gasteiger partial charge in [-0.2, -0.15) is 0 Å². The topological polar surface area (TPSA) is 147 Å². The molecule has 12 nitrogen and oxygen atoms in total. The summed E-state index contributed by atoms with van der Waals surface area (Å²) in [6.45, 7) is 4.60. The Balaban J connectivity index is 1.32. The Bertz CT molecular complexity index is 1490. The van der Waals surface area contributed by atoms with E-state index in [1.807, 2.05) is 37.1 Å². The lowest BCUT2D eigenvalue weighted by Crippen LogP contribution is -2.58. The van der Waals surface area contributed by atoms with Crippen molar-refractivity contribution in [2.75, 3.05) is 17.2 Å². The van der Waals surface area contributed by atoms with Gasteiger partial charge in [-0.15, -0.1) is 10.0 Å². The normalized spacial score (nSPS) is 24.1. The van der Waals surface area contributed by atoms with Crippen molar-refractivity contribution in [3.8, 4) is 0 Å². The molecule has 1 atom stereocenters. The van der Waals surface area contributed by atoms with Crippen molar-refractivity contribution in [2.24, 2.45) is 15.1 Å². The van der Waals surface area contributed by atoms with Crippen LogP contribution in [-0.4, -0.2) is 50.1 Å². The van der Waals surface area contributed by atoms with Gasteiger partial charge in [0.15, 0.2) is 6.20 Å². The van der Waals surface area contributed by atoms with Crippen LogP contribution in [0, 0.1) is 0 Å². The predicted octanol–water partition coefficient (Wildman–Crippen LogP) is 0.734. The first-order valence-corrected chi connectivity index (χ1v) is 10.9. The Morgan fingerprint density at radius 2 is 2.03 bits per heavy atom. The van der Waals surface area contributed by atoms with E-state index >= 15 is 0 Å². The van der Waals surface area contributed by atoms with Gasteiger partial charge in [-0.3, -0.25) is 19.6 Å². The summed E-state index contributed by atoms with van der Waals surface area (Å²) in [5, 5.41) is 13.0. The number of carbonyl (C=O) groups is 1. The number of hydrogen-bond donors (Lipinski definition) is 4. The molecular formula is C22H22N9O3+. The second-order valence-electron chi connectivity index (χ2n) is 9.09. The van der Waals surface area contributed by atoms with Crippen molar-refractivity contribution in [3.63, 3.8) is 0 Å². The number of aromatic nitrogens is 2. The highest BCUT2D eigenvalue weighted by molar-refractivity contribution is 6.30. The van der Waals surface area contributed by atoms with Crippen molar-refractivity contribution in [3.05, 3.63) is 68.3 Å². The predicted molar refractivity (Wildman–Crippen MR) is 126 cm³/mol. The second-order valence-corrected chi connectivity index (χ2v) is 9.09. The molecule has 2 aromatic rings. The molecule has 6 rings (SSSR count). The van der Waals surface area contributed by atoms with Crippen LogP contribution in [0.4, 0.5) is 11.4 Å². The van der Waals surface area contributed by atoms with Crippen molar-refractivity contribution in [1.29, 1.82) is 0 Å². The summed E-state index contributed by atoms with van der Waals surface area (Å²) < 4.78 is -0.0709. The first-order chi connectivity index (χ1) is 16.3. The molecule has 1 aromatic carbocycles. The maximum absolute atomic E-state index is 12.4. The molecule has 0 aliphatic carbocycles. The molecule has 34 heavy (non-hydrogen) atoms. The fraction of sp³-hybridized carbons (Fsp3) is 0.273. The van der Waals surface area contributed by atoms with Gasteiger partial charge >= 0.3 is 11.5 Å². The Kier molecular flexibility index (Phi) is 4.16. The van der Waals surface area contributed by atoms with Crippen LogP contribution in [0.2, 0.25) is 0 Å². The zero-order valence-corrected chi connectivity index (χ0v) is 18.5. The molecule has 1 amide bonds. The summed E-state index contributed by atoms with van der Waals surface area (Å²) in [4.78, 5) is 50.2. The van der Waals surface area contributed by atoms with E-state index < -0.39 is 16.7 Å². The van der Waals surface area contributed by atoms with Crippen LogP contribution in [0.25, 0.3) is 0 Å². The van der Waals surface area contributed by atoms with Gasteiger partial charge in [0, 0.05) is 23.5 Å². The van der Waals surface area contributed by atoms with Crippen LogP contribution in [0.5, 0.6) is 0 Å². The Labute approximate surface area is 193 Å². The van der Waals surface area contributed by atoms with E-state index in [-0.39, 0.29) is 17.2 Å². The van der Waals surface area contributed by atoms with Crippen molar-refractivity contribution in [1.82, 2.24) is 15.0 Å². The van der Waals surface area contributed by atoms with Crippen LogP contribution < -0.4 is 21.9 Å². The van der Waals surface area contributed by atoms with E-state index in [0.717, 1.165) is 16.9 Å². The van der Waals surface area contributed by atoms with E-state index in [0.29, 0.717) is 36.0 Å². The van der Waals surface area contributed by atoms with Gasteiger partial charge in [-0.25, -0.2) is 4.79 Å². The van der Waals surface area contributed by atoms with E-state index in [1.165, 1.54) is 0 Å². The minimum atomic E-state index is -0.581. The second kappa shape index (κ2) is 6.92. The van der Waals surface area contributed by atoms with E-state index in [2.05, 4.69) is 30.6 Å². The molecule has 0 saturated heterocycles. The summed E-state index contributed by atoms with van der Waals surface area (Å²) in [6, 6.07) is 5.68. The number of anilines is 2. The lowest BCUT2D eigenvalue weighted by Gasteiger charge is -2.36. The van der Waals surface area contributed by atoms with Gasteiger partial charge in [0.25, 0.3) is 11.5 Å². The third-order valence-electron chi connectivity index (χ3n) is 6.64. The number of aliphatic imine (C=N–C) groups is 2. The molecule has 0 radical (unpaired) electrons. The number of guanidine groups is 1. The highest BCUT2D eigenvalue weighted by Crippen LogP contribution is 2.39. The van der Waals surface area contributed by atoms with Crippen LogP contribution >= 0.6 is 0 Å². The lowest BCUT2D eigenvalue weighted by molar-refractivity contribution is -0.920. The number of amidine groups is 1. The van der Waals surface area contributed by atoms with E-state index in [1.54, 1.807) is 18.6 Å². The smallest absolute Gasteiger partial charge is 0.325 e. The number of amides is 1. The van der Waals surface area contributed by atoms with Crippen LogP contribution in [0.3, 0.4) is 0 Å². The zero-order chi connectivity index (χ0) is 23.7. The maximum atomic E-state index is 12.4. The highest BCUT2D eigenvalue weighted by Gasteiger charge is 2.48. The summed E-state index contributed by atoms with van der Waals surface area (Å²) in [5.41, 5.74) is 2.09. The number of nitrogens with one attached hydrogen (secondary N) is 4. The van der Waals surface area contributed by atoms with Crippen LogP contribution in [0.15, 0.2) is 55.3 Å². The molecule has 1 unspecified atom stereocenters. The number of H-pyrrole nitrogens is 2. The maximum Gasteiger partial charge on any atom is 0.325 e. The molecule has 1 aromatic heterocycles. The summed E-state index contributed by atoms with van der Waals surface area (Å²) >= 11 is 0. The largest absolute Gasteiger partial charge is 0.325 e. The first-order valence-electron chi connectivity index (χ1n) is 10.9. The number of nitrogens with zero attached hydrogens (tertiary/aromatic N) is 5. The Hall–Kier alpha value is -4.16. The standard InChI is InChI=1S/C22H21N9O3/c1-22(2)14-4-3-12(9-16(14)25-19(22)33)24-20-27-17-10-23-6-8-31(17,29-20)30-7-5-15-13(11-30)18(32)28-21(34)26-15/h3-4,6,8-10H,5,7,11H2,1-2H3,(H3-,24,25,26,28,29,32,33,34)/p+1. The number of benzene rings is 1. The third-order valence-corrected chi connectivity index (χ3v) is 6.64. The molecule has 0 saturated carbocycles. The number of aromatic amines is 2. The van der Waals surface area contributed by atoms with Gasteiger partial charge in [0.2, 0.25) is 5.91 Å². The quantitative estimate of drug-likeness (QED) is 0.488. The van der Waals surface area contributed by atoms with Gasteiger partial charge in [-0.1, -0.05) is 6.07 Å². The van der Waals surface area contributed by atoms with Crippen molar-refractivity contribution < 1.29 is 9.50 Å². The summed E-state index contributed by atoms with van der Waals surface area (Å²) in [5.74, 6) is 0.908. The lowest BCUT2D eigenvalue weighted by atomic mass is 9.86. The van der Waals surface area contributed by atoms with Gasteiger partial charge in [0.05, 0.1) is 30.3 Å². The average molecular weight is 460 g/mol. The Morgan fingerprint density at radius 1 is 1.18 bits per heavy atom. The van der Waals surface area contributed by atoms with Gasteiger partial charge in [0.1, 0.15) is 6.21 Å². The Morgan fingerprint density at radius 3 is 2.88 bits per heavy atom. The minimum absolute atomic E-state index is 0.0391. The van der Waals surface area contributed by atoms with E-state index in [9.17, 15) is 14.4 Å². The monoisotopic (exact) mass is 460 g/mol. The molecule has 4 N–H and O–H groups in total. The molecule has 0 fully saturated rings. The van der Waals surface area contributed by atoms with Crippen LogP contribution in [0.1, 0.15) is 30.7 Å². The number of rotatable bonds is 2. The third kappa shape index (κ3) is 2.92. The number of carbonyl (C=O) groups excluding carboxylic acids is 1. The first kappa shape index (κ1) is 20.4. The van der Waals surface area contributed by atoms with Crippen LogP contribution in [-0.2, 0) is 23.2 Å². The average Bonchev–Trinajstić information content (AvgIpc) is 3.27. The molecule has 4 aliphatic heterocycles. The highest BCUT2D eigenvalue weighted by atomic mass is 16.2. The molecular weight excluding hydrogens is 438 g/mol. The fourth-order valence-corrected chi connectivity index (χ4v) is 4.72. The van der Waals surface area contributed by atoms with E-state index in [4.69, 9.17) is 5.10 Å².